The highest BCUT2D eigenvalue weighted by atomic mass is 32.1. The van der Waals surface area contributed by atoms with Gasteiger partial charge in [0.1, 0.15) is 16.1 Å². The van der Waals surface area contributed by atoms with Gasteiger partial charge in [0.15, 0.2) is 0 Å². The Morgan fingerprint density at radius 2 is 2.00 bits per heavy atom. The van der Waals surface area contributed by atoms with E-state index in [0.717, 1.165) is 23.5 Å². The normalized spacial score (nSPS) is 14.8. The van der Waals surface area contributed by atoms with E-state index in [4.69, 9.17) is 17.0 Å². The SMILES string of the molecule is CCOC(C)(CC)c1nc(=S)c(C)c(C)[nH]1. The monoisotopic (exact) mass is 240 g/mol. The molecule has 1 aromatic heterocycles. The summed E-state index contributed by atoms with van der Waals surface area (Å²) in [5, 5.41) is 0. The summed E-state index contributed by atoms with van der Waals surface area (Å²) in [4.78, 5) is 7.72. The number of H-pyrrole nitrogens is 1. The minimum Gasteiger partial charge on any atom is -0.368 e. The Bertz CT molecular complexity index is 428. The first kappa shape index (κ1) is 13.3. The zero-order valence-corrected chi connectivity index (χ0v) is 11.5. The zero-order valence-electron chi connectivity index (χ0n) is 10.7. The lowest BCUT2D eigenvalue weighted by Gasteiger charge is -2.27. The van der Waals surface area contributed by atoms with E-state index in [0.29, 0.717) is 11.2 Å². The standard InChI is InChI=1S/C12H20N2OS/c1-6-12(5,15-7-2)11-13-9(4)8(3)10(16)14-11/h6-7H2,1-5H3,(H,13,14,16). The predicted molar refractivity (Wildman–Crippen MR) is 68.2 cm³/mol. The molecule has 0 fully saturated rings. The average molecular weight is 240 g/mol. The Morgan fingerprint density at radius 3 is 2.44 bits per heavy atom. The molecule has 0 spiro atoms. The molecule has 0 saturated heterocycles. The molecule has 0 aliphatic heterocycles. The summed E-state index contributed by atoms with van der Waals surface area (Å²) in [5.41, 5.74) is 1.73. The molecule has 16 heavy (non-hydrogen) atoms. The Morgan fingerprint density at radius 1 is 1.38 bits per heavy atom. The van der Waals surface area contributed by atoms with Gasteiger partial charge < -0.3 is 9.72 Å². The van der Waals surface area contributed by atoms with Gasteiger partial charge in [-0.2, -0.15) is 0 Å². The van der Waals surface area contributed by atoms with E-state index in [2.05, 4.69) is 16.9 Å². The number of aromatic amines is 1. The minimum absolute atomic E-state index is 0.374. The van der Waals surface area contributed by atoms with Gasteiger partial charge in [-0.1, -0.05) is 19.1 Å². The lowest BCUT2D eigenvalue weighted by molar-refractivity contribution is -0.0392. The third-order valence-corrected chi connectivity index (χ3v) is 3.44. The van der Waals surface area contributed by atoms with Crippen molar-refractivity contribution in [2.24, 2.45) is 0 Å². The molecular formula is C12H20N2OS. The molecule has 1 unspecified atom stereocenters. The molecule has 0 bridgehead atoms. The number of nitrogens with zero attached hydrogens (tertiary/aromatic N) is 1. The van der Waals surface area contributed by atoms with E-state index in [9.17, 15) is 0 Å². The van der Waals surface area contributed by atoms with Crippen molar-refractivity contribution in [1.82, 2.24) is 9.97 Å². The van der Waals surface area contributed by atoms with Crippen LogP contribution in [-0.2, 0) is 10.3 Å². The maximum atomic E-state index is 5.77. The van der Waals surface area contributed by atoms with Crippen LogP contribution in [0.1, 0.15) is 44.3 Å². The summed E-state index contributed by atoms with van der Waals surface area (Å²) >= 11 is 5.24. The number of rotatable bonds is 4. The van der Waals surface area contributed by atoms with Crippen LogP contribution in [0.5, 0.6) is 0 Å². The van der Waals surface area contributed by atoms with Crippen LogP contribution in [0.4, 0.5) is 0 Å². The second-order valence-electron chi connectivity index (χ2n) is 4.16. The molecule has 0 aliphatic rings. The third kappa shape index (κ3) is 2.50. The smallest absolute Gasteiger partial charge is 0.140 e. The van der Waals surface area contributed by atoms with Gasteiger partial charge in [-0.3, -0.25) is 0 Å². The van der Waals surface area contributed by atoms with Crippen molar-refractivity contribution in [3.05, 3.63) is 21.7 Å². The van der Waals surface area contributed by atoms with E-state index in [1.165, 1.54) is 0 Å². The molecule has 3 nitrogen and oxygen atoms in total. The first-order valence-electron chi connectivity index (χ1n) is 5.66. The highest BCUT2D eigenvalue weighted by molar-refractivity contribution is 7.71. The fourth-order valence-electron chi connectivity index (χ4n) is 1.55. The first-order valence-corrected chi connectivity index (χ1v) is 6.07. The molecule has 1 N–H and O–H groups in total. The van der Waals surface area contributed by atoms with Crippen LogP contribution >= 0.6 is 12.2 Å². The quantitative estimate of drug-likeness (QED) is 0.819. The molecule has 0 radical (unpaired) electrons. The fourth-order valence-corrected chi connectivity index (χ4v) is 1.80. The van der Waals surface area contributed by atoms with Gasteiger partial charge in [0.2, 0.25) is 0 Å². The maximum Gasteiger partial charge on any atom is 0.140 e. The van der Waals surface area contributed by atoms with Gasteiger partial charge in [0.05, 0.1) is 0 Å². The Hall–Kier alpha value is -0.740. The highest BCUT2D eigenvalue weighted by Gasteiger charge is 2.27. The van der Waals surface area contributed by atoms with E-state index in [1.54, 1.807) is 0 Å². The van der Waals surface area contributed by atoms with Crippen molar-refractivity contribution in [3.63, 3.8) is 0 Å². The van der Waals surface area contributed by atoms with E-state index in [-0.39, 0.29) is 5.60 Å². The van der Waals surface area contributed by atoms with Crippen LogP contribution in [0.15, 0.2) is 0 Å². The lowest BCUT2D eigenvalue weighted by Crippen LogP contribution is -2.28. The van der Waals surface area contributed by atoms with Crippen molar-refractivity contribution in [2.75, 3.05) is 6.61 Å². The summed E-state index contributed by atoms with van der Waals surface area (Å²) in [6.45, 7) is 10.8. The van der Waals surface area contributed by atoms with Crippen LogP contribution in [0.3, 0.4) is 0 Å². The van der Waals surface area contributed by atoms with E-state index in [1.807, 2.05) is 27.7 Å². The molecular weight excluding hydrogens is 220 g/mol. The molecule has 0 aliphatic carbocycles. The van der Waals surface area contributed by atoms with Gasteiger partial charge in [-0.15, -0.1) is 0 Å². The van der Waals surface area contributed by atoms with Gasteiger partial charge in [-0.25, -0.2) is 4.98 Å². The number of hydrogen-bond acceptors (Lipinski definition) is 3. The van der Waals surface area contributed by atoms with Crippen LogP contribution in [0.2, 0.25) is 0 Å². The first-order chi connectivity index (χ1) is 7.44. The lowest BCUT2D eigenvalue weighted by atomic mass is 10.0. The number of ether oxygens (including phenoxy) is 1. The predicted octanol–water partition coefficient (Wildman–Crippen LogP) is 3.42. The Kier molecular flexibility index (Phi) is 4.21. The molecule has 1 rings (SSSR count). The molecule has 0 amide bonds. The largest absolute Gasteiger partial charge is 0.368 e. The summed E-state index contributed by atoms with van der Waals surface area (Å²) in [5.74, 6) is 0.824. The van der Waals surface area contributed by atoms with Gasteiger partial charge in [0, 0.05) is 17.9 Å². The minimum atomic E-state index is -0.374. The number of hydrogen-bond donors (Lipinski definition) is 1. The molecule has 1 atom stereocenters. The number of aryl methyl sites for hydroxylation is 1. The van der Waals surface area contributed by atoms with Crippen LogP contribution in [0, 0.1) is 18.5 Å². The number of nitrogens with one attached hydrogen (secondary N) is 1. The molecule has 1 heterocycles. The van der Waals surface area contributed by atoms with E-state index >= 15 is 0 Å². The van der Waals surface area contributed by atoms with Gasteiger partial charge in [-0.05, 0) is 34.1 Å². The van der Waals surface area contributed by atoms with Crippen molar-refractivity contribution in [3.8, 4) is 0 Å². The fraction of sp³-hybridized carbons (Fsp3) is 0.667. The summed E-state index contributed by atoms with van der Waals surface area (Å²) in [6, 6.07) is 0. The molecule has 0 saturated carbocycles. The second kappa shape index (κ2) is 5.06. The Labute approximate surface area is 102 Å². The van der Waals surface area contributed by atoms with Crippen LogP contribution < -0.4 is 0 Å². The molecule has 90 valence electrons. The molecule has 4 heteroatoms. The summed E-state index contributed by atoms with van der Waals surface area (Å²) < 4.78 is 6.43. The second-order valence-corrected chi connectivity index (χ2v) is 4.54. The van der Waals surface area contributed by atoms with Crippen molar-refractivity contribution < 1.29 is 4.74 Å². The summed E-state index contributed by atoms with van der Waals surface area (Å²) in [7, 11) is 0. The molecule has 1 aromatic rings. The van der Waals surface area contributed by atoms with Crippen molar-refractivity contribution in [2.45, 2.75) is 46.6 Å². The number of aromatic nitrogens is 2. The van der Waals surface area contributed by atoms with E-state index < -0.39 is 0 Å². The van der Waals surface area contributed by atoms with Crippen molar-refractivity contribution >= 4 is 12.2 Å². The molecule has 0 aromatic carbocycles. The van der Waals surface area contributed by atoms with Crippen LogP contribution in [-0.4, -0.2) is 16.6 Å². The topological polar surface area (TPSA) is 37.9 Å². The van der Waals surface area contributed by atoms with Gasteiger partial charge >= 0.3 is 0 Å². The Balaban J connectivity index is 3.27. The summed E-state index contributed by atoms with van der Waals surface area (Å²) in [6.07, 6.45) is 0.863. The zero-order chi connectivity index (χ0) is 12.3. The average Bonchev–Trinajstić information content (AvgIpc) is 2.25. The maximum absolute atomic E-state index is 5.77. The van der Waals surface area contributed by atoms with Gasteiger partial charge in [0.25, 0.3) is 0 Å². The van der Waals surface area contributed by atoms with Crippen LogP contribution in [0.25, 0.3) is 0 Å². The van der Waals surface area contributed by atoms with Crippen molar-refractivity contribution in [1.29, 1.82) is 0 Å². The third-order valence-electron chi connectivity index (χ3n) is 3.04. The highest BCUT2D eigenvalue weighted by Crippen LogP contribution is 2.26.